The van der Waals surface area contributed by atoms with Gasteiger partial charge in [0.05, 0.1) is 32.9 Å². The van der Waals surface area contributed by atoms with Gasteiger partial charge in [-0.2, -0.15) is 0 Å². The number of hydrogen-bond acceptors (Lipinski definition) is 5. The van der Waals surface area contributed by atoms with Crippen molar-refractivity contribution in [1.29, 1.82) is 0 Å². The molecule has 1 aliphatic heterocycles. The average Bonchev–Trinajstić information content (AvgIpc) is 2.73. The third-order valence-electron chi connectivity index (χ3n) is 4.64. The number of benzene rings is 2. The molecule has 3 N–H and O–H groups in total. The van der Waals surface area contributed by atoms with E-state index in [0.29, 0.717) is 44.3 Å². The number of carbonyl (C=O) groups is 1. The number of thiocarbonyl (C=S) groups is 1. The largest absolute Gasteiger partial charge is 0.493 e. The van der Waals surface area contributed by atoms with Crippen molar-refractivity contribution < 1.29 is 19.0 Å². The van der Waals surface area contributed by atoms with E-state index in [2.05, 4.69) is 16.0 Å². The fraction of sp³-hybridized carbons (Fsp3) is 0.238. The van der Waals surface area contributed by atoms with Crippen molar-refractivity contribution in [3.8, 4) is 17.2 Å². The molecule has 1 heterocycles. The maximum atomic E-state index is 13.2. The van der Waals surface area contributed by atoms with Gasteiger partial charge < -0.3 is 30.2 Å². The first-order valence-corrected chi connectivity index (χ1v) is 9.81. The molecule has 2 aromatic rings. The van der Waals surface area contributed by atoms with Crippen LogP contribution in [0.1, 0.15) is 18.5 Å². The summed E-state index contributed by atoms with van der Waals surface area (Å²) < 4.78 is 16.3. The summed E-state index contributed by atoms with van der Waals surface area (Å²) in [6.45, 7) is 1.80. The highest BCUT2D eigenvalue weighted by molar-refractivity contribution is 7.80. The van der Waals surface area contributed by atoms with E-state index in [1.807, 2.05) is 0 Å². The van der Waals surface area contributed by atoms with Gasteiger partial charge in [-0.1, -0.05) is 11.6 Å². The number of carbonyl (C=O) groups excluding carboxylic acids is 1. The predicted octanol–water partition coefficient (Wildman–Crippen LogP) is 3.80. The van der Waals surface area contributed by atoms with Crippen molar-refractivity contribution >= 4 is 40.5 Å². The second kappa shape index (κ2) is 9.23. The van der Waals surface area contributed by atoms with Crippen molar-refractivity contribution in [2.45, 2.75) is 13.0 Å². The molecule has 0 radical (unpaired) electrons. The Bertz CT molecular complexity index is 983. The highest BCUT2D eigenvalue weighted by Gasteiger charge is 2.31. The zero-order valence-corrected chi connectivity index (χ0v) is 18.5. The summed E-state index contributed by atoms with van der Waals surface area (Å²) in [6.07, 6.45) is 0. The number of hydrogen-bond donors (Lipinski definition) is 3. The molecule has 0 spiro atoms. The molecule has 0 aliphatic carbocycles. The molecule has 7 nitrogen and oxygen atoms in total. The van der Waals surface area contributed by atoms with Gasteiger partial charge >= 0.3 is 0 Å². The summed E-state index contributed by atoms with van der Waals surface area (Å²) in [4.78, 5) is 13.2. The summed E-state index contributed by atoms with van der Waals surface area (Å²) in [5.41, 5.74) is 2.48. The van der Waals surface area contributed by atoms with E-state index in [4.69, 9.17) is 38.0 Å². The third-order valence-corrected chi connectivity index (χ3v) is 5.11. The van der Waals surface area contributed by atoms with Crippen LogP contribution >= 0.6 is 23.8 Å². The Labute approximate surface area is 185 Å². The molecule has 1 aliphatic rings. The third kappa shape index (κ3) is 4.44. The van der Waals surface area contributed by atoms with Gasteiger partial charge in [-0.25, -0.2) is 0 Å². The lowest BCUT2D eigenvalue weighted by Crippen LogP contribution is -2.45. The predicted molar refractivity (Wildman–Crippen MR) is 120 cm³/mol. The maximum Gasteiger partial charge on any atom is 0.255 e. The molecule has 158 valence electrons. The van der Waals surface area contributed by atoms with Crippen LogP contribution < -0.4 is 30.2 Å². The van der Waals surface area contributed by atoms with E-state index in [9.17, 15) is 4.79 Å². The Balaban J connectivity index is 2.03. The smallest absolute Gasteiger partial charge is 0.255 e. The lowest BCUT2D eigenvalue weighted by Gasteiger charge is -2.31. The van der Waals surface area contributed by atoms with Crippen LogP contribution in [0.2, 0.25) is 5.02 Å². The van der Waals surface area contributed by atoms with Crippen molar-refractivity contribution in [1.82, 2.24) is 10.6 Å². The number of rotatable bonds is 6. The van der Waals surface area contributed by atoms with E-state index in [0.717, 1.165) is 5.56 Å². The molecule has 1 atom stereocenters. The normalized spacial score (nSPS) is 15.8. The van der Waals surface area contributed by atoms with E-state index in [1.165, 1.54) is 21.3 Å². The second-order valence-corrected chi connectivity index (χ2v) is 7.33. The van der Waals surface area contributed by atoms with Crippen LogP contribution in [-0.4, -0.2) is 32.3 Å². The summed E-state index contributed by atoms with van der Waals surface area (Å²) in [6, 6.07) is 9.94. The SMILES string of the molecule is COc1cc([C@H]2NC(=S)NC(C)=C2C(=O)Nc2ccc(Cl)cc2)cc(OC)c1OC. The minimum Gasteiger partial charge on any atom is -0.493 e. The van der Waals surface area contributed by atoms with Crippen LogP contribution in [0, 0.1) is 0 Å². The Morgan fingerprint density at radius 3 is 2.20 bits per heavy atom. The Morgan fingerprint density at radius 1 is 1.07 bits per heavy atom. The molecule has 2 aromatic carbocycles. The van der Waals surface area contributed by atoms with Crippen molar-refractivity contribution in [3.63, 3.8) is 0 Å². The van der Waals surface area contributed by atoms with Gasteiger partial charge in [0.15, 0.2) is 16.6 Å². The monoisotopic (exact) mass is 447 g/mol. The molecule has 1 amide bonds. The van der Waals surface area contributed by atoms with Gasteiger partial charge in [-0.15, -0.1) is 0 Å². The standard InChI is InChI=1S/C21H22ClN3O4S/c1-11-17(20(26)24-14-7-5-13(22)6-8-14)18(25-21(30)23-11)12-9-15(27-2)19(29-4)16(10-12)28-3/h5-10,18H,1-4H3,(H,24,26)(H2,23,25,30)/t18-/m1/s1. The molecule has 9 heteroatoms. The fourth-order valence-electron chi connectivity index (χ4n) is 3.24. The van der Waals surface area contributed by atoms with Gasteiger partial charge in [0.25, 0.3) is 5.91 Å². The molecule has 0 fully saturated rings. The van der Waals surface area contributed by atoms with Crippen LogP contribution in [-0.2, 0) is 4.79 Å². The number of nitrogens with one attached hydrogen (secondary N) is 3. The van der Waals surface area contributed by atoms with E-state index in [1.54, 1.807) is 43.3 Å². The minimum atomic E-state index is -0.528. The number of amides is 1. The number of methoxy groups -OCH3 is 3. The second-order valence-electron chi connectivity index (χ2n) is 6.49. The molecule has 0 bridgehead atoms. The molecule has 3 rings (SSSR count). The molecule has 0 saturated carbocycles. The summed E-state index contributed by atoms with van der Waals surface area (Å²) in [7, 11) is 4.61. The van der Waals surface area contributed by atoms with Crippen molar-refractivity contribution in [2.75, 3.05) is 26.6 Å². The summed E-state index contributed by atoms with van der Waals surface area (Å²) >= 11 is 11.3. The summed E-state index contributed by atoms with van der Waals surface area (Å²) in [5, 5.41) is 10.1. The minimum absolute atomic E-state index is 0.281. The molecular formula is C21H22ClN3O4S. The zero-order chi connectivity index (χ0) is 21.8. The first-order chi connectivity index (χ1) is 14.4. The van der Waals surface area contributed by atoms with Gasteiger partial charge in [0.2, 0.25) is 5.75 Å². The van der Waals surface area contributed by atoms with Gasteiger partial charge in [-0.3, -0.25) is 4.79 Å². The van der Waals surface area contributed by atoms with Crippen molar-refractivity contribution in [2.24, 2.45) is 0 Å². The average molecular weight is 448 g/mol. The van der Waals surface area contributed by atoms with Gasteiger partial charge in [-0.05, 0) is 61.1 Å². The van der Waals surface area contributed by atoms with E-state index in [-0.39, 0.29) is 5.91 Å². The summed E-state index contributed by atoms with van der Waals surface area (Å²) in [5.74, 6) is 1.14. The van der Waals surface area contributed by atoms with Crippen LogP contribution in [0.5, 0.6) is 17.2 Å². The highest BCUT2D eigenvalue weighted by Crippen LogP contribution is 2.41. The number of halogens is 1. The molecule has 0 unspecified atom stereocenters. The number of allylic oxidation sites excluding steroid dienone is 1. The van der Waals surface area contributed by atoms with E-state index < -0.39 is 6.04 Å². The van der Waals surface area contributed by atoms with Crippen LogP contribution in [0.4, 0.5) is 5.69 Å². The number of ether oxygens (including phenoxy) is 3. The molecule has 0 aromatic heterocycles. The van der Waals surface area contributed by atoms with Crippen LogP contribution in [0.15, 0.2) is 47.7 Å². The Kier molecular flexibility index (Phi) is 6.69. The first-order valence-electron chi connectivity index (χ1n) is 9.03. The molecule has 30 heavy (non-hydrogen) atoms. The van der Waals surface area contributed by atoms with Gasteiger partial charge in [0.1, 0.15) is 0 Å². The van der Waals surface area contributed by atoms with Crippen LogP contribution in [0.3, 0.4) is 0 Å². The lowest BCUT2D eigenvalue weighted by atomic mass is 9.94. The number of anilines is 1. The van der Waals surface area contributed by atoms with Crippen LogP contribution in [0.25, 0.3) is 0 Å². The molecular weight excluding hydrogens is 426 g/mol. The zero-order valence-electron chi connectivity index (χ0n) is 17.0. The van der Waals surface area contributed by atoms with E-state index >= 15 is 0 Å². The quantitative estimate of drug-likeness (QED) is 0.581. The Morgan fingerprint density at radius 2 is 1.67 bits per heavy atom. The maximum absolute atomic E-state index is 13.2. The van der Waals surface area contributed by atoms with Crippen molar-refractivity contribution in [3.05, 3.63) is 58.3 Å². The highest BCUT2D eigenvalue weighted by atomic mass is 35.5. The molecule has 0 saturated heterocycles. The lowest BCUT2D eigenvalue weighted by molar-refractivity contribution is -0.113. The first kappa shape index (κ1) is 21.7. The van der Waals surface area contributed by atoms with Gasteiger partial charge in [0, 0.05) is 16.4 Å². The topological polar surface area (TPSA) is 80.9 Å². The fourth-order valence-corrected chi connectivity index (χ4v) is 3.64. The Hall–Kier alpha value is -2.97.